The maximum atomic E-state index is 13.0. The van der Waals surface area contributed by atoms with Crippen molar-refractivity contribution in [2.45, 2.75) is 46.0 Å². The highest BCUT2D eigenvalue weighted by Gasteiger charge is 2.42. The zero-order valence-electron chi connectivity index (χ0n) is 12.8. The SMILES string of the molecule is CCC1(C(=O)N(CC(=O)O)c2ccc(C)cc2)CCCC1. The van der Waals surface area contributed by atoms with Crippen LogP contribution >= 0.6 is 0 Å². The molecule has 1 fully saturated rings. The Morgan fingerprint density at radius 2 is 1.76 bits per heavy atom. The van der Waals surface area contributed by atoms with Crippen molar-refractivity contribution in [1.82, 2.24) is 0 Å². The second-order valence-corrected chi connectivity index (χ2v) is 5.96. The standard InChI is InChI=1S/C17H23NO3/c1-3-17(10-4-5-11-17)16(21)18(12-15(19)20)14-8-6-13(2)7-9-14/h6-9H,3-5,10-12H2,1-2H3,(H,19,20). The fraction of sp³-hybridized carbons (Fsp3) is 0.529. The van der Waals surface area contributed by atoms with Crippen molar-refractivity contribution < 1.29 is 14.7 Å². The van der Waals surface area contributed by atoms with E-state index in [1.54, 1.807) is 0 Å². The van der Waals surface area contributed by atoms with Crippen LogP contribution in [0.1, 0.15) is 44.6 Å². The number of nitrogens with zero attached hydrogens (tertiary/aromatic N) is 1. The van der Waals surface area contributed by atoms with E-state index in [2.05, 4.69) is 0 Å². The first kappa shape index (κ1) is 15.5. The molecule has 0 saturated heterocycles. The van der Waals surface area contributed by atoms with Gasteiger partial charge in [0, 0.05) is 11.1 Å². The third-order valence-electron chi connectivity index (χ3n) is 4.58. The zero-order valence-corrected chi connectivity index (χ0v) is 12.8. The summed E-state index contributed by atoms with van der Waals surface area (Å²) in [6.07, 6.45) is 4.60. The first-order valence-corrected chi connectivity index (χ1v) is 7.59. The Hall–Kier alpha value is -1.84. The first-order chi connectivity index (χ1) is 9.98. The van der Waals surface area contributed by atoms with Crippen molar-refractivity contribution in [3.63, 3.8) is 0 Å². The average Bonchev–Trinajstić information content (AvgIpc) is 2.95. The summed E-state index contributed by atoms with van der Waals surface area (Å²) in [7, 11) is 0. The van der Waals surface area contributed by atoms with E-state index in [9.17, 15) is 9.59 Å². The quantitative estimate of drug-likeness (QED) is 0.904. The Bertz CT molecular complexity index is 515. The highest BCUT2D eigenvalue weighted by atomic mass is 16.4. The van der Waals surface area contributed by atoms with Gasteiger partial charge in [0.25, 0.3) is 0 Å². The lowest BCUT2D eigenvalue weighted by molar-refractivity contribution is -0.138. The van der Waals surface area contributed by atoms with Crippen LogP contribution in [0, 0.1) is 12.3 Å². The van der Waals surface area contributed by atoms with Gasteiger partial charge in [-0.05, 0) is 38.3 Å². The van der Waals surface area contributed by atoms with Gasteiger partial charge in [0.2, 0.25) is 5.91 Å². The number of carbonyl (C=O) groups excluding carboxylic acids is 1. The predicted octanol–water partition coefficient (Wildman–Crippen LogP) is 3.38. The maximum Gasteiger partial charge on any atom is 0.323 e. The topological polar surface area (TPSA) is 57.6 Å². The Kier molecular flexibility index (Phi) is 4.66. The van der Waals surface area contributed by atoms with Crippen molar-refractivity contribution in [1.29, 1.82) is 0 Å². The molecule has 21 heavy (non-hydrogen) atoms. The number of benzene rings is 1. The molecule has 0 bridgehead atoms. The normalized spacial score (nSPS) is 16.7. The average molecular weight is 289 g/mol. The van der Waals surface area contributed by atoms with Gasteiger partial charge in [-0.25, -0.2) is 0 Å². The van der Waals surface area contributed by atoms with E-state index in [-0.39, 0.29) is 17.9 Å². The zero-order chi connectivity index (χ0) is 15.5. The molecule has 1 aromatic carbocycles. The molecular formula is C17H23NO3. The smallest absolute Gasteiger partial charge is 0.323 e. The monoisotopic (exact) mass is 289 g/mol. The largest absolute Gasteiger partial charge is 0.480 e. The number of anilines is 1. The molecule has 4 nitrogen and oxygen atoms in total. The van der Waals surface area contributed by atoms with Gasteiger partial charge in [0.15, 0.2) is 0 Å². The van der Waals surface area contributed by atoms with Crippen LogP contribution in [0.2, 0.25) is 0 Å². The molecule has 0 aromatic heterocycles. The van der Waals surface area contributed by atoms with Crippen LogP contribution in [0.15, 0.2) is 24.3 Å². The molecule has 114 valence electrons. The van der Waals surface area contributed by atoms with Crippen LogP contribution in [0.3, 0.4) is 0 Å². The van der Waals surface area contributed by atoms with E-state index < -0.39 is 5.97 Å². The maximum absolute atomic E-state index is 13.0. The Morgan fingerprint density at radius 1 is 1.19 bits per heavy atom. The lowest BCUT2D eigenvalue weighted by atomic mass is 9.81. The lowest BCUT2D eigenvalue weighted by Gasteiger charge is -2.33. The molecule has 0 radical (unpaired) electrons. The van der Waals surface area contributed by atoms with Gasteiger partial charge in [-0.3, -0.25) is 9.59 Å². The molecule has 1 N–H and O–H groups in total. The van der Waals surface area contributed by atoms with E-state index in [1.165, 1.54) is 4.90 Å². The molecule has 4 heteroatoms. The van der Waals surface area contributed by atoms with Gasteiger partial charge in [0.1, 0.15) is 6.54 Å². The highest BCUT2D eigenvalue weighted by Crippen LogP contribution is 2.43. The van der Waals surface area contributed by atoms with Crippen LogP contribution in [-0.2, 0) is 9.59 Å². The van der Waals surface area contributed by atoms with Crippen molar-refractivity contribution in [2.75, 3.05) is 11.4 Å². The molecule has 1 aliphatic carbocycles. The van der Waals surface area contributed by atoms with Gasteiger partial charge in [-0.15, -0.1) is 0 Å². The molecule has 1 aromatic rings. The molecule has 0 atom stereocenters. The van der Waals surface area contributed by atoms with Crippen molar-refractivity contribution >= 4 is 17.6 Å². The van der Waals surface area contributed by atoms with E-state index in [1.807, 2.05) is 38.1 Å². The molecular weight excluding hydrogens is 266 g/mol. The lowest BCUT2D eigenvalue weighted by Crippen LogP contribution is -2.45. The van der Waals surface area contributed by atoms with E-state index >= 15 is 0 Å². The van der Waals surface area contributed by atoms with Crippen LogP contribution in [0.4, 0.5) is 5.69 Å². The summed E-state index contributed by atoms with van der Waals surface area (Å²) in [6, 6.07) is 7.47. The van der Waals surface area contributed by atoms with Gasteiger partial charge in [-0.2, -0.15) is 0 Å². The fourth-order valence-electron chi connectivity index (χ4n) is 3.20. The predicted molar refractivity (Wildman–Crippen MR) is 82.4 cm³/mol. The minimum absolute atomic E-state index is 0.0336. The summed E-state index contributed by atoms with van der Waals surface area (Å²) in [5.41, 5.74) is 1.39. The molecule has 0 spiro atoms. The molecule has 0 heterocycles. The third kappa shape index (κ3) is 3.26. The Labute approximate surface area is 125 Å². The third-order valence-corrected chi connectivity index (χ3v) is 4.58. The molecule has 1 saturated carbocycles. The summed E-state index contributed by atoms with van der Waals surface area (Å²) < 4.78 is 0. The van der Waals surface area contributed by atoms with Gasteiger partial charge >= 0.3 is 5.97 Å². The summed E-state index contributed by atoms with van der Waals surface area (Å²) in [6.45, 7) is 3.72. The van der Waals surface area contributed by atoms with Gasteiger partial charge in [0.05, 0.1) is 0 Å². The van der Waals surface area contributed by atoms with Gasteiger partial charge in [-0.1, -0.05) is 37.5 Å². The van der Waals surface area contributed by atoms with E-state index in [4.69, 9.17) is 5.11 Å². The van der Waals surface area contributed by atoms with Crippen LogP contribution < -0.4 is 4.90 Å². The number of rotatable bonds is 5. The fourth-order valence-corrected chi connectivity index (χ4v) is 3.20. The van der Waals surface area contributed by atoms with Crippen LogP contribution in [-0.4, -0.2) is 23.5 Å². The Morgan fingerprint density at radius 3 is 2.24 bits per heavy atom. The highest BCUT2D eigenvalue weighted by molar-refractivity contribution is 6.01. The second-order valence-electron chi connectivity index (χ2n) is 5.96. The minimum Gasteiger partial charge on any atom is -0.480 e. The second kappa shape index (κ2) is 6.29. The Balaban J connectivity index is 2.33. The molecule has 0 unspecified atom stereocenters. The van der Waals surface area contributed by atoms with Crippen molar-refractivity contribution in [3.05, 3.63) is 29.8 Å². The number of amides is 1. The molecule has 1 aliphatic rings. The molecule has 0 aliphatic heterocycles. The summed E-state index contributed by atoms with van der Waals surface area (Å²) >= 11 is 0. The van der Waals surface area contributed by atoms with Crippen LogP contribution in [0.25, 0.3) is 0 Å². The number of hydrogen-bond acceptors (Lipinski definition) is 2. The first-order valence-electron chi connectivity index (χ1n) is 7.59. The van der Waals surface area contributed by atoms with Crippen molar-refractivity contribution in [3.8, 4) is 0 Å². The summed E-state index contributed by atoms with van der Waals surface area (Å²) in [4.78, 5) is 25.6. The number of carboxylic acid groups (broad SMARTS) is 1. The van der Waals surface area contributed by atoms with E-state index in [0.717, 1.165) is 37.7 Å². The summed E-state index contributed by atoms with van der Waals surface area (Å²) in [5, 5.41) is 9.15. The van der Waals surface area contributed by atoms with Gasteiger partial charge < -0.3 is 10.0 Å². The number of hydrogen-bond donors (Lipinski definition) is 1. The molecule has 1 amide bonds. The number of carbonyl (C=O) groups is 2. The van der Waals surface area contributed by atoms with Crippen LogP contribution in [0.5, 0.6) is 0 Å². The van der Waals surface area contributed by atoms with Crippen molar-refractivity contribution in [2.24, 2.45) is 5.41 Å². The molecule has 2 rings (SSSR count). The van der Waals surface area contributed by atoms with E-state index in [0.29, 0.717) is 5.69 Å². The number of aliphatic carboxylic acids is 1. The number of carboxylic acids is 1. The summed E-state index contributed by atoms with van der Waals surface area (Å²) in [5.74, 6) is -1.01. The minimum atomic E-state index is -0.979. The number of aryl methyl sites for hydroxylation is 1.